The first-order valence-corrected chi connectivity index (χ1v) is 8.69. The number of amides is 1. The number of hydrogen-bond acceptors (Lipinski definition) is 6. The van der Waals surface area contributed by atoms with Crippen molar-refractivity contribution in [3.63, 3.8) is 0 Å². The van der Waals surface area contributed by atoms with Gasteiger partial charge in [-0.3, -0.25) is 4.79 Å². The van der Waals surface area contributed by atoms with Crippen LogP contribution in [0.25, 0.3) is 0 Å². The number of para-hydroxylation sites is 1. The molecule has 7 heteroatoms. The van der Waals surface area contributed by atoms with Gasteiger partial charge in [0.15, 0.2) is 0 Å². The summed E-state index contributed by atoms with van der Waals surface area (Å²) in [7, 11) is 4.88. The second-order valence-corrected chi connectivity index (χ2v) is 6.11. The number of methoxy groups -OCH3 is 2. The highest BCUT2D eigenvalue weighted by molar-refractivity contribution is 6.04. The molecule has 0 aliphatic heterocycles. The van der Waals surface area contributed by atoms with Gasteiger partial charge in [-0.05, 0) is 37.3 Å². The number of carbonyl (C=O) groups excluding carboxylic acids is 1. The summed E-state index contributed by atoms with van der Waals surface area (Å²) < 4.78 is 10.6. The van der Waals surface area contributed by atoms with Gasteiger partial charge in [0.2, 0.25) is 5.95 Å². The quantitative estimate of drug-likeness (QED) is 0.703. The summed E-state index contributed by atoms with van der Waals surface area (Å²) in [5, 5.41) is 3.11. The number of rotatable bonds is 6. The molecule has 0 spiro atoms. The Morgan fingerprint density at radius 3 is 2.43 bits per heavy atom. The summed E-state index contributed by atoms with van der Waals surface area (Å²) in [6, 6.07) is 16.4. The maximum absolute atomic E-state index is 12.9. The lowest BCUT2D eigenvalue weighted by atomic mass is 10.2. The molecule has 1 aromatic heterocycles. The molecule has 28 heavy (non-hydrogen) atoms. The van der Waals surface area contributed by atoms with Crippen LogP contribution in [0.15, 0.2) is 54.6 Å². The summed E-state index contributed by atoms with van der Waals surface area (Å²) in [5.74, 6) is 1.35. The number of carbonyl (C=O) groups is 1. The largest absolute Gasteiger partial charge is 0.497 e. The smallest absolute Gasteiger partial charge is 0.276 e. The van der Waals surface area contributed by atoms with Crippen LogP contribution in [0.2, 0.25) is 0 Å². The van der Waals surface area contributed by atoms with Crippen molar-refractivity contribution < 1.29 is 14.3 Å². The molecule has 0 fully saturated rings. The van der Waals surface area contributed by atoms with E-state index in [1.807, 2.05) is 37.3 Å². The first-order chi connectivity index (χ1) is 13.5. The molecule has 2 aromatic carbocycles. The minimum Gasteiger partial charge on any atom is -0.497 e. The Morgan fingerprint density at radius 2 is 1.75 bits per heavy atom. The molecule has 1 amide bonds. The summed E-state index contributed by atoms with van der Waals surface area (Å²) in [6.07, 6.45) is 0. The topological polar surface area (TPSA) is 76.6 Å². The lowest BCUT2D eigenvalue weighted by Crippen LogP contribution is -2.27. The zero-order chi connectivity index (χ0) is 20.1. The lowest BCUT2D eigenvalue weighted by molar-refractivity contribution is 0.0988. The Morgan fingerprint density at radius 1 is 1.00 bits per heavy atom. The van der Waals surface area contributed by atoms with Crippen molar-refractivity contribution in [1.29, 1.82) is 0 Å². The minimum atomic E-state index is -0.225. The van der Waals surface area contributed by atoms with Gasteiger partial charge in [-0.15, -0.1) is 0 Å². The fourth-order valence-corrected chi connectivity index (χ4v) is 2.71. The van der Waals surface area contributed by atoms with Crippen molar-refractivity contribution in [3.8, 4) is 11.5 Å². The number of aromatic nitrogens is 2. The molecule has 0 aliphatic rings. The number of benzene rings is 2. The maximum Gasteiger partial charge on any atom is 0.276 e. The highest BCUT2D eigenvalue weighted by Crippen LogP contribution is 2.30. The van der Waals surface area contributed by atoms with E-state index in [1.54, 1.807) is 50.4 Å². The number of nitrogens with one attached hydrogen (secondary N) is 1. The Bertz CT molecular complexity index is 977. The van der Waals surface area contributed by atoms with Crippen LogP contribution in [0.3, 0.4) is 0 Å². The molecule has 0 unspecified atom stereocenters. The Kier molecular flexibility index (Phi) is 5.74. The summed E-state index contributed by atoms with van der Waals surface area (Å²) in [4.78, 5) is 23.2. The predicted octanol–water partition coefficient (Wildman–Crippen LogP) is 3.82. The second kappa shape index (κ2) is 8.39. The van der Waals surface area contributed by atoms with Gasteiger partial charge in [0, 0.05) is 24.5 Å². The van der Waals surface area contributed by atoms with E-state index >= 15 is 0 Å². The average Bonchev–Trinajstić information content (AvgIpc) is 2.72. The molecule has 0 bridgehead atoms. The Hall–Kier alpha value is -3.61. The molecule has 0 aliphatic carbocycles. The fraction of sp³-hybridized carbons (Fsp3) is 0.190. The zero-order valence-electron chi connectivity index (χ0n) is 16.3. The third-order valence-corrected chi connectivity index (χ3v) is 4.17. The van der Waals surface area contributed by atoms with Gasteiger partial charge in [0.1, 0.15) is 17.2 Å². The van der Waals surface area contributed by atoms with Crippen LogP contribution in [0, 0.1) is 6.92 Å². The first kappa shape index (κ1) is 19.2. The van der Waals surface area contributed by atoms with Gasteiger partial charge in [-0.2, -0.15) is 0 Å². The third kappa shape index (κ3) is 4.20. The molecule has 3 aromatic rings. The molecule has 7 nitrogen and oxygen atoms in total. The van der Waals surface area contributed by atoms with Crippen molar-refractivity contribution in [2.24, 2.45) is 0 Å². The highest BCUT2D eigenvalue weighted by Gasteiger charge is 2.17. The van der Waals surface area contributed by atoms with E-state index in [0.717, 1.165) is 5.69 Å². The summed E-state index contributed by atoms with van der Waals surface area (Å²) >= 11 is 0. The van der Waals surface area contributed by atoms with Crippen molar-refractivity contribution in [2.75, 3.05) is 31.5 Å². The van der Waals surface area contributed by atoms with Crippen LogP contribution < -0.4 is 19.7 Å². The zero-order valence-corrected chi connectivity index (χ0v) is 16.3. The second-order valence-electron chi connectivity index (χ2n) is 6.11. The third-order valence-electron chi connectivity index (χ3n) is 4.17. The van der Waals surface area contributed by atoms with E-state index in [1.165, 1.54) is 0 Å². The SMILES string of the molecule is COc1ccc(OC)c(Nc2nc(C)cc(C(=O)N(C)c3ccccc3)n2)c1. The van der Waals surface area contributed by atoms with Crippen molar-refractivity contribution in [2.45, 2.75) is 6.92 Å². The number of ether oxygens (including phenoxy) is 2. The normalized spacial score (nSPS) is 10.3. The van der Waals surface area contributed by atoms with Gasteiger partial charge < -0.3 is 19.7 Å². The van der Waals surface area contributed by atoms with Gasteiger partial charge >= 0.3 is 0 Å². The fourth-order valence-electron chi connectivity index (χ4n) is 2.71. The van der Waals surface area contributed by atoms with E-state index in [2.05, 4.69) is 15.3 Å². The van der Waals surface area contributed by atoms with E-state index in [-0.39, 0.29) is 5.91 Å². The predicted molar refractivity (Wildman–Crippen MR) is 109 cm³/mol. The van der Waals surface area contributed by atoms with E-state index in [0.29, 0.717) is 34.5 Å². The van der Waals surface area contributed by atoms with Gasteiger partial charge in [-0.25, -0.2) is 9.97 Å². The van der Waals surface area contributed by atoms with Crippen LogP contribution in [0.4, 0.5) is 17.3 Å². The molecule has 0 radical (unpaired) electrons. The summed E-state index contributed by atoms with van der Waals surface area (Å²) in [5.41, 5.74) is 2.39. The molecule has 1 heterocycles. The molecule has 144 valence electrons. The molecular formula is C21H22N4O3. The minimum absolute atomic E-state index is 0.225. The highest BCUT2D eigenvalue weighted by atomic mass is 16.5. The molecular weight excluding hydrogens is 356 g/mol. The van der Waals surface area contributed by atoms with E-state index < -0.39 is 0 Å². The van der Waals surface area contributed by atoms with Crippen molar-refractivity contribution >= 4 is 23.2 Å². The molecule has 0 saturated carbocycles. The maximum atomic E-state index is 12.9. The van der Waals surface area contributed by atoms with Crippen LogP contribution in [0.1, 0.15) is 16.2 Å². The van der Waals surface area contributed by atoms with Crippen LogP contribution in [-0.4, -0.2) is 37.1 Å². The number of aryl methyl sites for hydroxylation is 1. The Labute approximate surface area is 164 Å². The average molecular weight is 378 g/mol. The van der Waals surface area contributed by atoms with Crippen LogP contribution in [-0.2, 0) is 0 Å². The van der Waals surface area contributed by atoms with Gasteiger partial charge in [0.25, 0.3) is 5.91 Å². The van der Waals surface area contributed by atoms with Crippen LogP contribution in [0.5, 0.6) is 11.5 Å². The first-order valence-electron chi connectivity index (χ1n) is 8.69. The Balaban J connectivity index is 1.91. The number of hydrogen-bond donors (Lipinski definition) is 1. The molecule has 0 atom stereocenters. The van der Waals surface area contributed by atoms with Crippen molar-refractivity contribution in [1.82, 2.24) is 9.97 Å². The van der Waals surface area contributed by atoms with Gasteiger partial charge in [-0.1, -0.05) is 18.2 Å². The standard InChI is InChI=1S/C21H22N4O3/c1-14-12-18(20(26)25(2)15-8-6-5-7-9-15)24-21(22-14)23-17-13-16(27-3)10-11-19(17)28-4/h5-13H,1-4H3,(H,22,23,24). The molecule has 0 saturated heterocycles. The molecule has 1 N–H and O–H groups in total. The van der Waals surface area contributed by atoms with E-state index in [9.17, 15) is 4.79 Å². The van der Waals surface area contributed by atoms with Crippen LogP contribution >= 0.6 is 0 Å². The van der Waals surface area contributed by atoms with E-state index in [4.69, 9.17) is 9.47 Å². The van der Waals surface area contributed by atoms with Crippen molar-refractivity contribution in [3.05, 3.63) is 66.0 Å². The lowest BCUT2D eigenvalue weighted by Gasteiger charge is -2.17. The monoisotopic (exact) mass is 378 g/mol. The summed E-state index contributed by atoms with van der Waals surface area (Å²) in [6.45, 7) is 1.81. The number of anilines is 3. The number of nitrogens with zero attached hydrogens (tertiary/aromatic N) is 3. The van der Waals surface area contributed by atoms with Gasteiger partial charge in [0.05, 0.1) is 19.9 Å². The molecule has 3 rings (SSSR count).